The van der Waals surface area contributed by atoms with E-state index >= 15 is 0 Å². The van der Waals surface area contributed by atoms with Crippen LogP contribution in [0.1, 0.15) is 11.1 Å². The number of nitro benzene ring substituents is 1. The second kappa shape index (κ2) is 12.3. The van der Waals surface area contributed by atoms with Crippen LogP contribution in [0, 0.1) is 21.4 Å². The number of furan rings is 1. The average Bonchev–Trinajstić information content (AvgIpc) is 3.34. The lowest BCUT2D eigenvalue weighted by atomic mass is 9.98. The Kier molecular flexibility index (Phi) is 8.41. The molecule has 202 valence electrons. The number of amides is 1. The van der Waals surface area contributed by atoms with Gasteiger partial charge in [0.25, 0.3) is 11.6 Å². The Balaban J connectivity index is 1.54. The summed E-state index contributed by atoms with van der Waals surface area (Å²) in [7, 11) is 3.09. The summed E-state index contributed by atoms with van der Waals surface area (Å²) in [6.45, 7) is -0.632. The summed E-state index contributed by atoms with van der Waals surface area (Å²) in [5.41, 5.74) is 2.22. The lowest BCUT2D eigenvalue weighted by Crippen LogP contribution is -2.21. The fourth-order valence-corrected chi connectivity index (χ4v) is 3.87. The Morgan fingerprint density at radius 1 is 0.925 bits per heavy atom. The molecule has 0 fully saturated rings. The number of carbonyl (C=O) groups excluding carboxylic acids is 2. The molecule has 0 spiro atoms. The van der Waals surface area contributed by atoms with Crippen LogP contribution < -0.4 is 14.8 Å². The van der Waals surface area contributed by atoms with Crippen molar-refractivity contribution in [3.05, 3.63) is 94.0 Å². The maximum absolute atomic E-state index is 12.7. The number of carbonyl (C=O) groups is 2. The Hall–Kier alpha value is -5.63. The molecule has 0 bridgehead atoms. The number of nitriles is 1. The van der Waals surface area contributed by atoms with E-state index in [4.69, 9.17) is 18.6 Å². The number of hydrogen-bond donors (Lipinski definition) is 1. The Bertz CT molecular complexity index is 1570. The van der Waals surface area contributed by atoms with Gasteiger partial charge in [-0.2, -0.15) is 5.26 Å². The molecule has 1 aromatic heterocycles. The van der Waals surface area contributed by atoms with Gasteiger partial charge in [-0.1, -0.05) is 24.3 Å². The molecule has 0 aliphatic carbocycles. The standard InChI is InChI=1S/C29H23N3O8/c1-37-22-11-5-19(6-12-22)27-24(16-30)29(40-28(27)20-7-13-23(38-2)14-8-20)31-25(33)17-39-26(34)15-18-3-9-21(10-4-18)32(35)36/h3-14H,15,17H2,1-2H3,(H,31,33). The molecule has 4 rings (SSSR count). The van der Waals surface area contributed by atoms with Gasteiger partial charge in [-0.05, 0) is 47.5 Å². The van der Waals surface area contributed by atoms with Crippen molar-refractivity contribution in [2.75, 3.05) is 26.1 Å². The second-order valence-corrected chi connectivity index (χ2v) is 8.39. The normalized spacial score (nSPS) is 10.3. The summed E-state index contributed by atoms with van der Waals surface area (Å²) in [6.07, 6.45) is -0.182. The average molecular weight is 542 g/mol. The predicted molar refractivity (Wildman–Crippen MR) is 144 cm³/mol. The molecule has 0 saturated carbocycles. The van der Waals surface area contributed by atoms with Crippen LogP contribution in [0.4, 0.5) is 11.6 Å². The van der Waals surface area contributed by atoms with E-state index in [1.165, 1.54) is 24.3 Å². The molecule has 0 radical (unpaired) electrons. The van der Waals surface area contributed by atoms with E-state index in [1.54, 1.807) is 62.8 Å². The first-order chi connectivity index (χ1) is 19.3. The van der Waals surface area contributed by atoms with Gasteiger partial charge < -0.3 is 18.6 Å². The molecule has 1 heterocycles. The predicted octanol–water partition coefficient (Wildman–Crippen LogP) is 5.14. The summed E-state index contributed by atoms with van der Waals surface area (Å²) in [5.74, 6) is 0.0729. The van der Waals surface area contributed by atoms with Gasteiger partial charge in [0.05, 0.1) is 25.6 Å². The van der Waals surface area contributed by atoms with Crippen LogP contribution in [-0.2, 0) is 20.7 Å². The highest BCUT2D eigenvalue weighted by atomic mass is 16.6. The number of nitro groups is 1. The van der Waals surface area contributed by atoms with Gasteiger partial charge in [0.15, 0.2) is 6.61 Å². The van der Waals surface area contributed by atoms with E-state index < -0.39 is 23.4 Å². The van der Waals surface area contributed by atoms with Crippen LogP contribution >= 0.6 is 0 Å². The Morgan fingerprint density at radius 2 is 1.50 bits per heavy atom. The molecule has 0 aliphatic heterocycles. The molecule has 1 N–H and O–H groups in total. The number of rotatable bonds is 10. The summed E-state index contributed by atoms with van der Waals surface area (Å²) in [6, 6.07) is 21.5. The van der Waals surface area contributed by atoms with Crippen LogP contribution in [0.15, 0.2) is 77.2 Å². The van der Waals surface area contributed by atoms with Gasteiger partial charge in [-0.25, -0.2) is 0 Å². The molecule has 40 heavy (non-hydrogen) atoms. The number of non-ortho nitro benzene ring substituents is 1. The van der Waals surface area contributed by atoms with E-state index in [-0.39, 0.29) is 23.6 Å². The quantitative estimate of drug-likeness (QED) is 0.163. The number of ether oxygens (including phenoxy) is 3. The maximum atomic E-state index is 12.7. The van der Waals surface area contributed by atoms with Crippen molar-refractivity contribution in [1.82, 2.24) is 0 Å². The molecule has 3 aromatic carbocycles. The molecule has 11 nitrogen and oxygen atoms in total. The van der Waals surface area contributed by atoms with Crippen molar-refractivity contribution in [2.45, 2.75) is 6.42 Å². The molecule has 0 unspecified atom stereocenters. The summed E-state index contributed by atoms with van der Waals surface area (Å²) in [5, 5.41) is 23.3. The highest BCUT2D eigenvalue weighted by molar-refractivity contribution is 5.97. The van der Waals surface area contributed by atoms with Crippen LogP contribution in [0.2, 0.25) is 0 Å². The molecule has 0 saturated heterocycles. The topological polar surface area (TPSA) is 154 Å². The maximum Gasteiger partial charge on any atom is 0.310 e. The number of benzene rings is 3. The van der Waals surface area contributed by atoms with Crippen molar-refractivity contribution in [1.29, 1.82) is 5.26 Å². The largest absolute Gasteiger partial charge is 0.497 e. The van der Waals surface area contributed by atoms with E-state index in [1.807, 2.05) is 0 Å². The Labute approximate surface area is 228 Å². The van der Waals surface area contributed by atoms with Gasteiger partial charge >= 0.3 is 5.97 Å². The molecule has 1 amide bonds. The summed E-state index contributed by atoms with van der Waals surface area (Å²) >= 11 is 0. The fourth-order valence-electron chi connectivity index (χ4n) is 3.87. The van der Waals surface area contributed by atoms with Gasteiger partial charge in [0.2, 0.25) is 5.88 Å². The minimum Gasteiger partial charge on any atom is -0.497 e. The summed E-state index contributed by atoms with van der Waals surface area (Å²) in [4.78, 5) is 35.1. The Morgan fingerprint density at radius 3 is 2.02 bits per heavy atom. The van der Waals surface area contributed by atoms with E-state index in [0.717, 1.165) is 0 Å². The van der Waals surface area contributed by atoms with Crippen LogP contribution in [0.5, 0.6) is 11.5 Å². The van der Waals surface area contributed by atoms with E-state index in [2.05, 4.69) is 11.4 Å². The second-order valence-electron chi connectivity index (χ2n) is 8.39. The number of nitrogens with zero attached hydrogens (tertiary/aromatic N) is 2. The summed E-state index contributed by atoms with van der Waals surface area (Å²) < 4.78 is 21.5. The van der Waals surface area contributed by atoms with E-state index in [0.29, 0.717) is 39.5 Å². The third-order valence-electron chi connectivity index (χ3n) is 5.86. The van der Waals surface area contributed by atoms with Crippen LogP contribution in [0.25, 0.3) is 22.5 Å². The van der Waals surface area contributed by atoms with Crippen molar-refractivity contribution in [3.63, 3.8) is 0 Å². The number of methoxy groups -OCH3 is 2. The zero-order valence-electron chi connectivity index (χ0n) is 21.5. The van der Waals surface area contributed by atoms with Crippen molar-refractivity contribution < 1.29 is 33.1 Å². The van der Waals surface area contributed by atoms with Gasteiger partial charge in [0, 0.05) is 23.3 Å². The van der Waals surface area contributed by atoms with Gasteiger partial charge in [-0.15, -0.1) is 0 Å². The first-order valence-electron chi connectivity index (χ1n) is 11.9. The smallest absolute Gasteiger partial charge is 0.310 e. The first kappa shape index (κ1) is 27.4. The van der Waals surface area contributed by atoms with Gasteiger partial charge in [0.1, 0.15) is 28.9 Å². The van der Waals surface area contributed by atoms with E-state index in [9.17, 15) is 25.0 Å². The van der Waals surface area contributed by atoms with Crippen molar-refractivity contribution in [2.24, 2.45) is 0 Å². The molecule has 11 heteroatoms. The van der Waals surface area contributed by atoms with Crippen LogP contribution in [0.3, 0.4) is 0 Å². The molecular weight excluding hydrogens is 518 g/mol. The molecule has 0 atom stereocenters. The zero-order valence-corrected chi connectivity index (χ0v) is 21.5. The monoisotopic (exact) mass is 541 g/mol. The fraction of sp³-hybridized carbons (Fsp3) is 0.138. The minimum absolute atomic E-state index is 0.0848. The van der Waals surface area contributed by atoms with Gasteiger partial charge in [-0.3, -0.25) is 25.0 Å². The third kappa shape index (κ3) is 6.25. The lowest BCUT2D eigenvalue weighted by molar-refractivity contribution is -0.384. The van der Waals surface area contributed by atoms with Crippen molar-refractivity contribution >= 4 is 23.4 Å². The van der Waals surface area contributed by atoms with Crippen molar-refractivity contribution in [3.8, 4) is 40.0 Å². The number of esters is 1. The highest BCUT2D eigenvalue weighted by Gasteiger charge is 2.25. The number of nitrogens with one attached hydrogen (secondary N) is 1. The first-order valence-corrected chi connectivity index (χ1v) is 11.9. The zero-order chi connectivity index (χ0) is 28.6. The molecule has 4 aromatic rings. The van der Waals surface area contributed by atoms with Crippen LogP contribution in [-0.4, -0.2) is 37.6 Å². The SMILES string of the molecule is COc1ccc(-c2oc(NC(=O)COC(=O)Cc3ccc([N+](=O)[O-])cc3)c(C#N)c2-c2ccc(OC)cc2)cc1. The molecular formula is C29H23N3O8. The number of hydrogen-bond acceptors (Lipinski definition) is 9. The number of anilines is 1. The third-order valence-corrected chi connectivity index (χ3v) is 5.86. The molecule has 0 aliphatic rings. The minimum atomic E-state index is -0.718. The highest BCUT2D eigenvalue weighted by Crippen LogP contribution is 2.42. The lowest BCUT2D eigenvalue weighted by Gasteiger charge is -2.06.